The molecule has 1 aromatic rings. The van der Waals surface area contributed by atoms with E-state index in [1.54, 1.807) is 0 Å². The van der Waals surface area contributed by atoms with Crippen LogP contribution < -0.4 is 5.73 Å². The zero-order valence-electron chi connectivity index (χ0n) is 13.7. The number of benzene rings is 1. The minimum absolute atomic E-state index is 0.107. The molecule has 114 valence electrons. The van der Waals surface area contributed by atoms with Gasteiger partial charge in [0.05, 0.1) is 0 Å². The smallest absolute Gasteiger partial charge is 0.0453 e. The number of nitrogens with zero attached hydrogens (tertiary/aromatic N) is 1. The van der Waals surface area contributed by atoms with Crippen LogP contribution in [0.3, 0.4) is 0 Å². The molecule has 2 heteroatoms. The molecular formula is C18H32N2. The molecule has 2 atom stereocenters. The predicted octanol–water partition coefficient (Wildman–Crippen LogP) is 4.22. The highest BCUT2D eigenvalue weighted by Gasteiger charge is 2.24. The highest BCUT2D eigenvalue weighted by atomic mass is 15.2. The van der Waals surface area contributed by atoms with Gasteiger partial charge >= 0.3 is 0 Å². The van der Waals surface area contributed by atoms with Gasteiger partial charge in [-0.1, -0.05) is 70.9 Å². The molecule has 0 amide bonds. The van der Waals surface area contributed by atoms with Crippen LogP contribution in [0.5, 0.6) is 0 Å². The number of hydrogen-bond donors (Lipinski definition) is 1. The number of rotatable bonds is 9. The van der Waals surface area contributed by atoms with Crippen molar-refractivity contribution in [1.82, 2.24) is 4.90 Å². The van der Waals surface area contributed by atoms with Crippen LogP contribution in [0, 0.1) is 5.92 Å². The third-order valence-electron chi connectivity index (χ3n) is 4.54. The first kappa shape index (κ1) is 17.2. The van der Waals surface area contributed by atoms with Gasteiger partial charge in [0.2, 0.25) is 0 Å². The first-order chi connectivity index (χ1) is 9.67. The van der Waals surface area contributed by atoms with E-state index < -0.39 is 0 Å². The standard InChI is InChI=1S/C18H32N2/c1-5-15(6-2)14-20(8-4)17(7-3)18(19)16-12-10-9-11-13-16/h9-13,15,17-18H,5-8,14,19H2,1-4H3. The van der Waals surface area contributed by atoms with Gasteiger partial charge in [-0.25, -0.2) is 0 Å². The van der Waals surface area contributed by atoms with Gasteiger partial charge in [-0.05, 0) is 24.4 Å². The van der Waals surface area contributed by atoms with Crippen LogP contribution in [0.1, 0.15) is 58.6 Å². The molecule has 0 aliphatic rings. The molecule has 0 saturated heterocycles. The summed E-state index contributed by atoms with van der Waals surface area (Å²) < 4.78 is 0. The van der Waals surface area contributed by atoms with Crippen molar-refractivity contribution in [3.63, 3.8) is 0 Å². The van der Waals surface area contributed by atoms with Crippen LogP contribution in [0.2, 0.25) is 0 Å². The van der Waals surface area contributed by atoms with E-state index in [-0.39, 0.29) is 6.04 Å². The molecule has 0 heterocycles. The van der Waals surface area contributed by atoms with E-state index in [9.17, 15) is 0 Å². The van der Waals surface area contributed by atoms with Crippen molar-refractivity contribution >= 4 is 0 Å². The molecule has 0 radical (unpaired) electrons. The van der Waals surface area contributed by atoms with E-state index in [1.807, 2.05) is 0 Å². The molecule has 0 aliphatic carbocycles. The second kappa shape index (κ2) is 9.15. The lowest BCUT2D eigenvalue weighted by atomic mass is 9.94. The maximum atomic E-state index is 6.54. The number of hydrogen-bond acceptors (Lipinski definition) is 2. The van der Waals surface area contributed by atoms with Gasteiger partial charge in [0.1, 0.15) is 0 Å². The molecule has 0 aromatic heterocycles. The molecular weight excluding hydrogens is 244 g/mol. The monoisotopic (exact) mass is 276 g/mol. The molecule has 2 N–H and O–H groups in total. The molecule has 0 bridgehead atoms. The number of nitrogens with two attached hydrogens (primary N) is 1. The van der Waals surface area contributed by atoms with Crippen molar-refractivity contribution in [2.24, 2.45) is 11.7 Å². The van der Waals surface area contributed by atoms with Crippen molar-refractivity contribution in [3.8, 4) is 0 Å². The van der Waals surface area contributed by atoms with E-state index in [0.717, 1.165) is 18.9 Å². The zero-order valence-corrected chi connectivity index (χ0v) is 13.7. The highest BCUT2D eigenvalue weighted by Crippen LogP contribution is 2.23. The Bertz CT molecular complexity index is 346. The molecule has 0 spiro atoms. The summed E-state index contributed by atoms with van der Waals surface area (Å²) in [5.74, 6) is 0.784. The molecule has 0 saturated carbocycles. The normalized spacial score (nSPS) is 14.8. The van der Waals surface area contributed by atoms with E-state index >= 15 is 0 Å². The fourth-order valence-electron chi connectivity index (χ4n) is 3.01. The quantitative estimate of drug-likeness (QED) is 0.731. The molecule has 20 heavy (non-hydrogen) atoms. The van der Waals surface area contributed by atoms with Crippen LogP contribution >= 0.6 is 0 Å². The summed E-state index contributed by atoms with van der Waals surface area (Å²) in [5, 5.41) is 0. The Hall–Kier alpha value is -0.860. The van der Waals surface area contributed by atoms with Crippen LogP contribution in [0.15, 0.2) is 30.3 Å². The van der Waals surface area contributed by atoms with Crippen LogP contribution in [0.25, 0.3) is 0 Å². The average Bonchev–Trinajstić information content (AvgIpc) is 2.51. The van der Waals surface area contributed by atoms with Crippen LogP contribution in [-0.2, 0) is 0 Å². The van der Waals surface area contributed by atoms with E-state index in [4.69, 9.17) is 5.73 Å². The van der Waals surface area contributed by atoms with Gasteiger partial charge in [0, 0.05) is 18.6 Å². The van der Waals surface area contributed by atoms with Crippen LogP contribution in [0.4, 0.5) is 0 Å². The van der Waals surface area contributed by atoms with Gasteiger partial charge in [-0.2, -0.15) is 0 Å². The second-order valence-electron chi connectivity index (χ2n) is 5.68. The van der Waals surface area contributed by atoms with Crippen molar-refractivity contribution in [2.75, 3.05) is 13.1 Å². The topological polar surface area (TPSA) is 29.3 Å². The van der Waals surface area contributed by atoms with Crippen LogP contribution in [-0.4, -0.2) is 24.0 Å². The summed E-state index contributed by atoms with van der Waals surface area (Å²) in [6, 6.07) is 11.1. The third-order valence-corrected chi connectivity index (χ3v) is 4.54. The summed E-state index contributed by atoms with van der Waals surface area (Å²) >= 11 is 0. The van der Waals surface area contributed by atoms with Crippen molar-refractivity contribution in [2.45, 2.75) is 59.0 Å². The lowest BCUT2D eigenvalue weighted by molar-refractivity contribution is 0.144. The minimum atomic E-state index is 0.107. The summed E-state index contributed by atoms with van der Waals surface area (Å²) in [7, 11) is 0. The van der Waals surface area contributed by atoms with Gasteiger partial charge in [0.15, 0.2) is 0 Å². The first-order valence-electron chi connectivity index (χ1n) is 8.22. The molecule has 0 fully saturated rings. The first-order valence-corrected chi connectivity index (χ1v) is 8.22. The Morgan fingerprint density at radius 3 is 2.00 bits per heavy atom. The van der Waals surface area contributed by atoms with E-state index in [1.165, 1.54) is 24.9 Å². The second-order valence-corrected chi connectivity index (χ2v) is 5.68. The fourth-order valence-corrected chi connectivity index (χ4v) is 3.01. The fraction of sp³-hybridized carbons (Fsp3) is 0.667. The molecule has 1 rings (SSSR count). The maximum Gasteiger partial charge on any atom is 0.0453 e. The summed E-state index contributed by atoms with van der Waals surface area (Å²) in [6.45, 7) is 11.3. The number of likely N-dealkylation sites (N-methyl/N-ethyl adjacent to an activating group) is 1. The molecule has 1 aromatic carbocycles. The summed E-state index contributed by atoms with van der Waals surface area (Å²) in [5.41, 5.74) is 7.80. The Labute approximate surface area is 125 Å². The van der Waals surface area contributed by atoms with Crippen molar-refractivity contribution < 1.29 is 0 Å². The van der Waals surface area contributed by atoms with Crippen molar-refractivity contribution in [1.29, 1.82) is 0 Å². The SMILES string of the molecule is CCC(CC)CN(CC)C(CC)C(N)c1ccccc1. The third kappa shape index (κ3) is 4.60. The lowest BCUT2D eigenvalue weighted by Crippen LogP contribution is -2.44. The Morgan fingerprint density at radius 2 is 1.55 bits per heavy atom. The highest BCUT2D eigenvalue weighted by molar-refractivity contribution is 5.20. The largest absolute Gasteiger partial charge is 0.323 e. The molecule has 2 nitrogen and oxygen atoms in total. The zero-order chi connectivity index (χ0) is 15.0. The van der Waals surface area contributed by atoms with Gasteiger partial charge in [-0.15, -0.1) is 0 Å². The van der Waals surface area contributed by atoms with Gasteiger partial charge in [-0.3, -0.25) is 4.90 Å². The average molecular weight is 276 g/mol. The maximum absolute atomic E-state index is 6.54. The predicted molar refractivity (Wildman–Crippen MR) is 88.8 cm³/mol. The minimum Gasteiger partial charge on any atom is -0.323 e. The Morgan fingerprint density at radius 1 is 0.950 bits per heavy atom. The summed E-state index contributed by atoms with van der Waals surface area (Å²) in [4.78, 5) is 2.58. The Kier molecular flexibility index (Phi) is 7.86. The van der Waals surface area contributed by atoms with Gasteiger partial charge < -0.3 is 5.73 Å². The molecule has 2 unspecified atom stereocenters. The van der Waals surface area contributed by atoms with E-state index in [2.05, 4.69) is 62.9 Å². The van der Waals surface area contributed by atoms with Gasteiger partial charge in [0.25, 0.3) is 0 Å². The molecule has 0 aliphatic heterocycles. The van der Waals surface area contributed by atoms with Crippen molar-refractivity contribution in [3.05, 3.63) is 35.9 Å². The Balaban J connectivity index is 2.80. The van der Waals surface area contributed by atoms with E-state index in [0.29, 0.717) is 6.04 Å². The summed E-state index contributed by atoms with van der Waals surface area (Å²) in [6.07, 6.45) is 3.61. The lowest BCUT2D eigenvalue weighted by Gasteiger charge is -2.36.